The molecule has 0 atom stereocenters. The number of imide groups is 1. The van der Waals surface area contributed by atoms with Gasteiger partial charge in [0.15, 0.2) is 0 Å². The Morgan fingerprint density at radius 1 is 1.48 bits per heavy atom. The van der Waals surface area contributed by atoms with E-state index >= 15 is 0 Å². The van der Waals surface area contributed by atoms with Crippen LogP contribution in [0.2, 0.25) is 0 Å². The van der Waals surface area contributed by atoms with E-state index in [0.717, 1.165) is 23.3 Å². The first-order valence-corrected chi connectivity index (χ1v) is 7.12. The van der Waals surface area contributed by atoms with Crippen molar-refractivity contribution in [2.45, 2.75) is 0 Å². The smallest absolute Gasteiger partial charge is 0.325 e. The van der Waals surface area contributed by atoms with Crippen LogP contribution in [0.15, 0.2) is 17.0 Å². The molecule has 0 unspecified atom stereocenters. The van der Waals surface area contributed by atoms with Crippen molar-refractivity contribution in [3.05, 3.63) is 32.0 Å². The highest BCUT2D eigenvalue weighted by atomic mass is 32.2. The third-order valence-electron chi connectivity index (χ3n) is 2.45. The zero-order chi connectivity index (χ0) is 15.6. The summed E-state index contributed by atoms with van der Waals surface area (Å²) in [6.45, 7) is -0.455. The first-order valence-electron chi connectivity index (χ1n) is 5.49. The predicted octanol–water partition coefficient (Wildman–Crippen LogP) is 1.87. The molecule has 2 heterocycles. The zero-order valence-electron chi connectivity index (χ0n) is 10.6. The Hall–Kier alpha value is -2.20. The highest BCUT2D eigenvalue weighted by Gasteiger charge is 2.36. The van der Waals surface area contributed by atoms with Gasteiger partial charge >= 0.3 is 11.0 Å². The second-order valence-electron chi connectivity index (χ2n) is 3.78. The van der Waals surface area contributed by atoms with Gasteiger partial charge < -0.3 is 4.74 Å². The van der Waals surface area contributed by atoms with Crippen LogP contribution in [-0.4, -0.2) is 40.6 Å². The lowest BCUT2D eigenvalue weighted by Crippen LogP contribution is -2.34. The number of hydrogen-bond donors (Lipinski definition) is 0. The number of nitro groups is 1. The Kier molecular flexibility index (Phi) is 4.38. The fourth-order valence-electron chi connectivity index (χ4n) is 1.48. The topological polar surface area (TPSA) is 107 Å². The van der Waals surface area contributed by atoms with E-state index < -0.39 is 28.6 Å². The number of hydrogen-bond acceptors (Lipinski definition) is 8. The average molecular weight is 328 g/mol. The first-order chi connectivity index (χ1) is 9.92. The van der Waals surface area contributed by atoms with Crippen LogP contribution in [0.1, 0.15) is 4.88 Å². The van der Waals surface area contributed by atoms with Crippen molar-refractivity contribution in [1.82, 2.24) is 4.90 Å². The molecule has 0 N–H and O–H groups in total. The largest absolute Gasteiger partial charge is 0.468 e. The van der Waals surface area contributed by atoms with Gasteiger partial charge in [0.25, 0.3) is 11.1 Å². The van der Waals surface area contributed by atoms with Gasteiger partial charge in [0, 0.05) is 10.9 Å². The van der Waals surface area contributed by atoms with Crippen LogP contribution < -0.4 is 0 Å². The first kappa shape index (κ1) is 15.2. The van der Waals surface area contributed by atoms with E-state index in [9.17, 15) is 24.5 Å². The van der Waals surface area contributed by atoms with E-state index in [0.29, 0.717) is 16.6 Å². The summed E-state index contributed by atoms with van der Waals surface area (Å²) in [5.74, 6) is -1.32. The minimum absolute atomic E-state index is 0.0601. The molecule has 2 amide bonds. The number of thioether (sulfide) groups is 1. The van der Waals surface area contributed by atoms with Crippen LogP contribution in [0.3, 0.4) is 0 Å². The minimum atomic E-state index is -0.703. The predicted molar refractivity (Wildman–Crippen MR) is 75.7 cm³/mol. The Bertz CT molecular complexity index is 665. The molecule has 0 spiro atoms. The molecule has 8 nitrogen and oxygen atoms in total. The maximum absolute atomic E-state index is 12.0. The molecule has 1 fully saturated rings. The summed E-state index contributed by atoms with van der Waals surface area (Å²) < 4.78 is 4.41. The van der Waals surface area contributed by atoms with Gasteiger partial charge in [-0.15, -0.1) is 0 Å². The number of carbonyl (C=O) groups is 3. The van der Waals surface area contributed by atoms with E-state index in [-0.39, 0.29) is 9.91 Å². The molecule has 21 heavy (non-hydrogen) atoms. The van der Waals surface area contributed by atoms with Crippen molar-refractivity contribution < 1.29 is 24.0 Å². The molecule has 2 rings (SSSR count). The Morgan fingerprint density at radius 2 is 2.19 bits per heavy atom. The van der Waals surface area contributed by atoms with Crippen molar-refractivity contribution in [2.24, 2.45) is 0 Å². The highest BCUT2D eigenvalue weighted by Crippen LogP contribution is 2.34. The van der Waals surface area contributed by atoms with Gasteiger partial charge in [0.05, 0.1) is 16.9 Å². The lowest BCUT2D eigenvalue weighted by molar-refractivity contribution is -0.380. The van der Waals surface area contributed by atoms with Crippen LogP contribution >= 0.6 is 23.1 Å². The summed E-state index contributed by atoms with van der Waals surface area (Å²) in [6, 6.07) is 2.80. The third-order valence-corrected chi connectivity index (χ3v) is 4.35. The van der Waals surface area contributed by atoms with Crippen LogP contribution in [0.4, 0.5) is 9.80 Å². The van der Waals surface area contributed by atoms with Gasteiger partial charge in [-0.05, 0) is 23.9 Å². The summed E-state index contributed by atoms with van der Waals surface area (Å²) in [7, 11) is 1.15. The second kappa shape index (κ2) is 6.06. The van der Waals surface area contributed by atoms with Gasteiger partial charge in [-0.2, -0.15) is 0 Å². The normalized spacial score (nSPS) is 16.6. The fraction of sp³-hybridized carbons (Fsp3) is 0.182. The van der Waals surface area contributed by atoms with Gasteiger partial charge in [-0.1, -0.05) is 11.3 Å². The van der Waals surface area contributed by atoms with Gasteiger partial charge in [0.2, 0.25) is 0 Å². The molecular formula is C11H8N2O6S2. The lowest BCUT2D eigenvalue weighted by atomic mass is 10.3. The fourth-order valence-corrected chi connectivity index (χ4v) is 3.15. The molecule has 1 aliphatic heterocycles. The molecule has 1 aromatic rings. The van der Waals surface area contributed by atoms with E-state index in [2.05, 4.69) is 4.74 Å². The van der Waals surface area contributed by atoms with E-state index in [4.69, 9.17) is 0 Å². The summed E-state index contributed by atoms with van der Waals surface area (Å²) >= 11 is 1.56. The second-order valence-corrected chi connectivity index (χ2v) is 5.86. The summed E-state index contributed by atoms with van der Waals surface area (Å²) in [4.78, 5) is 46.2. The SMILES string of the molecule is COC(=O)CN1C(=O)S/C(=C\c2ccc([N+](=O)[O-])s2)C1=O. The number of carbonyl (C=O) groups excluding carboxylic acids is 3. The Balaban J connectivity index is 2.19. The van der Waals surface area contributed by atoms with Crippen molar-refractivity contribution in [3.8, 4) is 0 Å². The number of methoxy groups -OCH3 is 1. The number of thiophene rings is 1. The van der Waals surface area contributed by atoms with Gasteiger partial charge in [0.1, 0.15) is 6.54 Å². The molecule has 1 saturated heterocycles. The van der Waals surface area contributed by atoms with Crippen molar-refractivity contribution in [3.63, 3.8) is 0 Å². The van der Waals surface area contributed by atoms with E-state index in [1.165, 1.54) is 18.2 Å². The Morgan fingerprint density at radius 3 is 2.76 bits per heavy atom. The van der Waals surface area contributed by atoms with Gasteiger partial charge in [-0.25, -0.2) is 0 Å². The van der Waals surface area contributed by atoms with E-state index in [1.807, 2.05) is 0 Å². The lowest BCUT2D eigenvalue weighted by Gasteiger charge is -2.09. The van der Waals surface area contributed by atoms with Gasteiger partial charge in [-0.3, -0.25) is 29.4 Å². The maximum atomic E-state index is 12.0. The Labute approximate surface area is 126 Å². The molecule has 1 aromatic heterocycles. The molecule has 1 aliphatic rings. The van der Waals surface area contributed by atoms with E-state index in [1.54, 1.807) is 0 Å². The van der Waals surface area contributed by atoms with Crippen LogP contribution in [0.25, 0.3) is 6.08 Å². The van der Waals surface area contributed by atoms with Crippen molar-refractivity contribution >= 4 is 51.3 Å². The van der Waals surface area contributed by atoms with Crippen LogP contribution in [0.5, 0.6) is 0 Å². The molecular weight excluding hydrogens is 320 g/mol. The third kappa shape index (κ3) is 3.28. The number of amides is 2. The summed E-state index contributed by atoms with van der Waals surface area (Å²) in [5, 5.41) is 9.94. The highest BCUT2D eigenvalue weighted by molar-refractivity contribution is 8.18. The molecule has 0 bridgehead atoms. The standard InChI is InChI=1S/C11H8N2O6S2/c1-19-9(14)5-12-10(15)7(21-11(12)16)4-6-2-3-8(20-6)13(17)18/h2-4H,5H2,1H3/b7-4-. The number of nitrogens with zero attached hydrogens (tertiary/aromatic N) is 2. The number of rotatable bonds is 4. The van der Waals surface area contributed by atoms with Crippen molar-refractivity contribution in [1.29, 1.82) is 0 Å². The molecule has 0 aliphatic carbocycles. The number of ether oxygens (including phenoxy) is 1. The monoisotopic (exact) mass is 328 g/mol. The average Bonchev–Trinajstić information content (AvgIpc) is 3.00. The minimum Gasteiger partial charge on any atom is -0.468 e. The molecule has 0 saturated carbocycles. The quantitative estimate of drug-likeness (QED) is 0.359. The number of esters is 1. The van der Waals surface area contributed by atoms with Crippen LogP contribution in [-0.2, 0) is 14.3 Å². The maximum Gasteiger partial charge on any atom is 0.325 e. The van der Waals surface area contributed by atoms with Crippen molar-refractivity contribution in [2.75, 3.05) is 13.7 Å². The molecule has 0 aromatic carbocycles. The van der Waals surface area contributed by atoms with Crippen LogP contribution in [0, 0.1) is 10.1 Å². The summed E-state index contributed by atoms with van der Waals surface area (Å²) in [5.41, 5.74) is 0. The summed E-state index contributed by atoms with van der Waals surface area (Å²) in [6.07, 6.45) is 1.39. The molecule has 10 heteroatoms. The molecule has 110 valence electrons. The zero-order valence-corrected chi connectivity index (χ0v) is 12.2. The molecule has 0 radical (unpaired) electrons.